The van der Waals surface area contributed by atoms with Gasteiger partial charge in [0.05, 0.1) is 18.8 Å². The van der Waals surface area contributed by atoms with Gasteiger partial charge in [0.2, 0.25) is 11.9 Å². The number of anilines is 1. The molecule has 1 amide bonds. The van der Waals surface area contributed by atoms with Gasteiger partial charge in [-0.3, -0.25) is 14.5 Å². The summed E-state index contributed by atoms with van der Waals surface area (Å²) in [5.74, 6) is -0.301. The van der Waals surface area contributed by atoms with E-state index in [1.165, 1.54) is 0 Å². The van der Waals surface area contributed by atoms with Gasteiger partial charge >= 0.3 is 5.97 Å². The van der Waals surface area contributed by atoms with E-state index in [4.69, 9.17) is 14.6 Å². The molecule has 2 saturated heterocycles. The number of ether oxygens (including phenoxy) is 2. The number of carbonyl (C=O) groups excluding carboxylic acids is 1. The highest BCUT2D eigenvalue weighted by molar-refractivity contribution is 5.76. The van der Waals surface area contributed by atoms with Crippen molar-refractivity contribution in [2.75, 3.05) is 37.6 Å². The zero-order valence-corrected chi connectivity index (χ0v) is 27.5. The average molecular weight is 666 g/mol. The van der Waals surface area contributed by atoms with Gasteiger partial charge in [-0.15, -0.1) is 0 Å². The van der Waals surface area contributed by atoms with Gasteiger partial charge in [-0.25, -0.2) is 9.97 Å². The number of carboxylic acids is 1. The SMILES string of the molecule is O=C(O)CCCC(=O)NCc1cccc(-c2cccc([C@H]3O[C@@H](CN4CCN(c5ncccn5)CC4)C[C@@H](c4ccc(CO)cc4)O3)c2)c1. The summed E-state index contributed by atoms with van der Waals surface area (Å²) in [5, 5.41) is 21.3. The van der Waals surface area contributed by atoms with Crippen molar-refractivity contribution in [3.63, 3.8) is 0 Å². The molecule has 0 spiro atoms. The van der Waals surface area contributed by atoms with Crippen LogP contribution in [-0.2, 0) is 32.2 Å². The first-order valence-electron chi connectivity index (χ1n) is 16.9. The number of nitrogens with one attached hydrogen (secondary N) is 1. The summed E-state index contributed by atoms with van der Waals surface area (Å²) < 4.78 is 13.3. The molecule has 3 atom stereocenters. The van der Waals surface area contributed by atoms with Gasteiger partial charge < -0.3 is 29.9 Å². The molecule has 2 aliphatic heterocycles. The standard InChI is InChI=1S/C38H43N5O6/c44-26-27-11-13-29(14-12-27)34-23-33(25-42-17-19-43(20-18-42)38-39-15-4-16-40-38)48-37(49-34)32-8-2-7-31(22-32)30-6-1-5-28(21-30)24-41-35(45)9-3-10-36(46)47/h1-2,4-8,11-16,21-22,33-34,37,44H,3,9-10,17-20,23-26H2,(H,41,45)(H,46,47)/t33-,34+,37+/m1/s1. The number of aliphatic hydroxyl groups excluding tert-OH is 1. The number of hydrogen-bond acceptors (Lipinski definition) is 9. The van der Waals surface area contributed by atoms with Gasteiger partial charge in [-0.2, -0.15) is 0 Å². The van der Waals surface area contributed by atoms with E-state index >= 15 is 0 Å². The minimum atomic E-state index is -0.900. The van der Waals surface area contributed by atoms with E-state index in [0.29, 0.717) is 19.4 Å². The molecule has 0 aliphatic carbocycles. The minimum Gasteiger partial charge on any atom is -0.481 e. The molecular weight excluding hydrogens is 622 g/mol. The van der Waals surface area contributed by atoms with Crippen LogP contribution in [0.3, 0.4) is 0 Å². The molecule has 256 valence electrons. The molecule has 0 radical (unpaired) electrons. The Bertz CT molecular complexity index is 1680. The molecule has 2 aliphatic rings. The number of carbonyl (C=O) groups is 2. The molecular formula is C38H43N5O6. The second-order valence-corrected chi connectivity index (χ2v) is 12.5. The van der Waals surface area contributed by atoms with Gasteiger partial charge in [-0.05, 0) is 52.4 Å². The van der Waals surface area contributed by atoms with Crippen LogP contribution in [0.25, 0.3) is 11.1 Å². The molecule has 11 heteroatoms. The maximum Gasteiger partial charge on any atom is 0.303 e. The number of aliphatic hydroxyl groups is 1. The fraction of sp³-hybridized carbons (Fsp3) is 0.368. The fourth-order valence-corrected chi connectivity index (χ4v) is 6.32. The second-order valence-electron chi connectivity index (χ2n) is 12.5. The second kappa shape index (κ2) is 16.6. The molecule has 3 heterocycles. The third-order valence-electron chi connectivity index (χ3n) is 8.99. The quantitative estimate of drug-likeness (QED) is 0.181. The Labute approximate surface area is 286 Å². The van der Waals surface area contributed by atoms with Crippen LogP contribution in [0.15, 0.2) is 91.3 Å². The van der Waals surface area contributed by atoms with Gasteiger partial charge in [-0.1, -0.05) is 60.7 Å². The summed E-state index contributed by atoms with van der Waals surface area (Å²) in [4.78, 5) is 36.4. The molecule has 0 unspecified atom stereocenters. The molecule has 0 bridgehead atoms. The molecule has 4 aromatic rings. The highest BCUT2D eigenvalue weighted by atomic mass is 16.7. The molecule has 1 aromatic heterocycles. The predicted molar refractivity (Wildman–Crippen MR) is 184 cm³/mol. The first kappa shape index (κ1) is 34.2. The Balaban J connectivity index is 1.14. The Hall–Kier alpha value is -4.68. The summed E-state index contributed by atoms with van der Waals surface area (Å²) >= 11 is 0. The molecule has 11 nitrogen and oxygen atoms in total. The summed E-state index contributed by atoms with van der Waals surface area (Å²) in [6.07, 6.45) is 3.92. The van der Waals surface area contributed by atoms with Crippen LogP contribution in [0.1, 0.15) is 60.3 Å². The first-order chi connectivity index (χ1) is 23.9. The summed E-state index contributed by atoms with van der Waals surface area (Å²) in [6.45, 7) is 4.59. The van der Waals surface area contributed by atoms with Crippen molar-refractivity contribution in [3.8, 4) is 11.1 Å². The Morgan fingerprint density at radius 3 is 2.29 bits per heavy atom. The van der Waals surface area contributed by atoms with Crippen LogP contribution in [0, 0.1) is 0 Å². The van der Waals surface area contributed by atoms with Gasteiger partial charge in [0, 0.05) is 76.5 Å². The van der Waals surface area contributed by atoms with Crippen molar-refractivity contribution in [2.45, 2.75) is 57.3 Å². The largest absolute Gasteiger partial charge is 0.481 e. The van der Waals surface area contributed by atoms with Gasteiger partial charge in [0.1, 0.15) is 0 Å². The lowest BCUT2D eigenvalue weighted by Crippen LogP contribution is -2.50. The number of carboxylic acid groups (broad SMARTS) is 1. The third-order valence-corrected chi connectivity index (χ3v) is 8.99. The third kappa shape index (κ3) is 9.48. The van der Waals surface area contributed by atoms with E-state index in [-0.39, 0.29) is 37.6 Å². The van der Waals surface area contributed by atoms with Crippen molar-refractivity contribution in [1.82, 2.24) is 20.2 Å². The Morgan fingerprint density at radius 1 is 0.816 bits per heavy atom. The molecule has 2 fully saturated rings. The zero-order valence-electron chi connectivity index (χ0n) is 27.5. The lowest BCUT2D eigenvalue weighted by atomic mass is 9.98. The van der Waals surface area contributed by atoms with Crippen LogP contribution >= 0.6 is 0 Å². The number of amides is 1. The van der Waals surface area contributed by atoms with E-state index < -0.39 is 12.3 Å². The number of rotatable bonds is 13. The average Bonchev–Trinajstić information content (AvgIpc) is 3.14. The van der Waals surface area contributed by atoms with Crippen LogP contribution in [0.2, 0.25) is 0 Å². The summed E-state index contributed by atoms with van der Waals surface area (Å²) in [7, 11) is 0. The number of benzene rings is 3. The highest BCUT2D eigenvalue weighted by Gasteiger charge is 2.34. The number of nitrogens with zero attached hydrogens (tertiary/aromatic N) is 4. The van der Waals surface area contributed by atoms with Crippen LogP contribution < -0.4 is 10.2 Å². The van der Waals surface area contributed by atoms with Crippen molar-refractivity contribution < 1.29 is 29.3 Å². The zero-order chi connectivity index (χ0) is 34.0. The minimum absolute atomic E-state index is 0.00663. The predicted octanol–water partition coefficient (Wildman–Crippen LogP) is 4.87. The summed E-state index contributed by atoms with van der Waals surface area (Å²) in [6, 6.07) is 26.0. The molecule has 0 saturated carbocycles. The highest BCUT2D eigenvalue weighted by Crippen LogP contribution is 2.39. The van der Waals surface area contributed by atoms with Crippen molar-refractivity contribution in [1.29, 1.82) is 0 Å². The normalized spacial score (nSPS) is 19.8. The van der Waals surface area contributed by atoms with Gasteiger partial charge in [0.25, 0.3) is 0 Å². The number of hydrogen-bond donors (Lipinski definition) is 3. The topological polar surface area (TPSA) is 137 Å². The van der Waals surface area contributed by atoms with E-state index in [0.717, 1.165) is 72.1 Å². The maximum absolute atomic E-state index is 12.2. The molecule has 3 aromatic carbocycles. The summed E-state index contributed by atoms with van der Waals surface area (Å²) in [5.41, 5.74) is 5.78. The van der Waals surface area contributed by atoms with Crippen molar-refractivity contribution in [2.24, 2.45) is 0 Å². The van der Waals surface area contributed by atoms with Crippen LogP contribution in [-0.4, -0.2) is 75.8 Å². The van der Waals surface area contributed by atoms with E-state index in [2.05, 4.69) is 37.2 Å². The molecule has 6 rings (SSSR count). The van der Waals surface area contributed by atoms with Gasteiger partial charge in [0.15, 0.2) is 6.29 Å². The molecule has 3 N–H and O–H groups in total. The van der Waals surface area contributed by atoms with Crippen molar-refractivity contribution in [3.05, 3.63) is 114 Å². The number of aromatic nitrogens is 2. The van der Waals surface area contributed by atoms with Crippen LogP contribution in [0.5, 0.6) is 0 Å². The Morgan fingerprint density at radius 2 is 1.55 bits per heavy atom. The lowest BCUT2D eigenvalue weighted by molar-refractivity contribution is -0.253. The number of piperazine rings is 1. The molecule has 49 heavy (non-hydrogen) atoms. The van der Waals surface area contributed by atoms with E-state index in [1.807, 2.05) is 66.7 Å². The Kier molecular flexibility index (Phi) is 11.6. The smallest absolute Gasteiger partial charge is 0.303 e. The van der Waals surface area contributed by atoms with E-state index in [9.17, 15) is 14.7 Å². The van der Waals surface area contributed by atoms with Crippen LogP contribution in [0.4, 0.5) is 5.95 Å². The van der Waals surface area contributed by atoms with Crippen molar-refractivity contribution >= 4 is 17.8 Å². The maximum atomic E-state index is 12.2. The first-order valence-corrected chi connectivity index (χ1v) is 16.9. The fourth-order valence-electron chi connectivity index (χ4n) is 6.32. The monoisotopic (exact) mass is 665 g/mol. The number of aliphatic carboxylic acids is 1. The lowest BCUT2D eigenvalue weighted by Gasteiger charge is -2.40. The van der Waals surface area contributed by atoms with E-state index in [1.54, 1.807) is 12.4 Å².